The first kappa shape index (κ1) is 19.8. The predicted molar refractivity (Wildman–Crippen MR) is 100.0 cm³/mol. The van der Waals surface area contributed by atoms with Crippen molar-refractivity contribution in [3.8, 4) is 0 Å². The minimum Gasteiger partial charge on any atom is -0.467 e. The van der Waals surface area contributed by atoms with Crippen LogP contribution >= 0.6 is 0 Å². The normalized spacial score (nSPS) is 17.6. The summed E-state index contributed by atoms with van der Waals surface area (Å²) in [6.07, 6.45) is 0.451. The fourth-order valence-corrected chi connectivity index (χ4v) is 3.15. The Morgan fingerprint density at radius 1 is 1.23 bits per heavy atom. The van der Waals surface area contributed by atoms with E-state index in [4.69, 9.17) is 4.74 Å². The van der Waals surface area contributed by atoms with E-state index in [0.29, 0.717) is 17.8 Å². The molecule has 26 heavy (non-hydrogen) atoms. The van der Waals surface area contributed by atoms with E-state index < -0.39 is 24.1 Å². The van der Waals surface area contributed by atoms with Crippen molar-refractivity contribution in [2.45, 2.75) is 46.2 Å². The highest BCUT2D eigenvalue weighted by molar-refractivity contribution is 6.12. The minimum atomic E-state index is -0.766. The lowest BCUT2D eigenvalue weighted by Gasteiger charge is -2.39. The number of fused-ring (bicyclic) bond motifs is 1. The molecule has 0 fully saturated rings. The number of ether oxygens (including phenoxy) is 1. The van der Waals surface area contributed by atoms with E-state index in [-0.39, 0.29) is 17.7 Å². The number of benzene rings is 1. The van der Waals surface area contributed by atoms with E-state index >= 15 is 0 Å². The standard InChI is InChI=1S/C19H27N3O4/c1-11(2)10-14(18(24)26-5)21-19(25)22-15-9-7-6-8-13(15)20-17(23)16(22)12(3)4/h6-9,11-12,14,16H,10H2,1-5H3,(H,20,23)(H,21,25). The molecule has 0 saturated heterocycles. The van der Waals surface area contributed by atoms with Crippen LogP contribution in [0.2, 0.25) is 0 Å². The second-order valence-corrected chi connectivity index (χ2v) is 7.22. The summed E-state index contributed by atoms with van der Waals surface area (Å²) >= 11 is 0. The van der Waals surface area contributed by atoms with Crippen molar-refractivity contribution >= 4 is 29.3 Å². The summed E-state index contributed by atoms with van der Waals surface area (Å²) in [6.45, 7) is 7.68. The van der Waals surface area contributed by atoms with Gasteiger partial charge in [0, 0.05) is 0 Å². The summed E-state index contributed by atoms with van der Waals surface area (Å²) in [5.41, 5.74) is 1.18. The lowest BCUT2D eigenvalue weighted by Crippen LogP contribution is -2.58. The van der Waals surface area contributed by atoms with Crippen molar-refractivity contribution in [3.05, 3.63) is 24.3 Å². The second-order valence-electron chi connectivity index (χ2n) is 7.22. The number of nitrogens with one attached hydrogen (secondary N) is 2. The van der Waals surface area contributed by atoms with Crippen LogP contribution in [0.1, 0.15) is 34.1 Å². The van der Waals surface area contributed by atoms with Crippen LogP contribution in [0.3, 0.4) is 0 Å². The second kappa shape index (κ2) is 8.21. The number of anilines is 2. The Balaban J connectivity index is 2.36. The zero-order valence-corrected chi connectivity index (χ0v) is 15.9. The Bertz CT molecular complexity index is 687. The topological polar surface area (TPSA) is 87.7 Å². The van der Waals surface area contributed by atoms with Crippen LogP contribution < -0.4 is 15.5 Å². The van der Waals surface area contributed by atoms with Crippen LogP contribution in [-0.4, -0.2) is 37.1 Å². The molecule has 0 aliphatic carbocycles. The number of esters is 1. The number of methoxy groups -OCH3 is 1. The zero-order valence-electron chi connectivity index (χ0n) is 15.9. The van der Waals surface area contributed by atoms with E-state index in [1.54, 1.807) is 24.3 Å². The Morgan fingerprint density at radius 3 is 2.46 bits per heavy atom. The highest BCUT2D eigenvalue weighted by Gasteiger charge is 2.39. The Kier molecular flexibility index (Phi) is 6.23. The van der Waals surface area contributed by atoms with Gasteiger partial charge < -0.3 is 15.4 Å². The summed E-state index contributed by atoms with van der Waals surface area (Å²) in [7, 11) is 1.29. The summed E-state index contributed by atoms with van der Waals surface area (Å²) in [6, 6.07) is 5.21. The van der Waals surface area contributed by atoms with Crippen molar-refractivity contribution in [2.75, 3.05) is 17.3 Å². The largest absolute Gasteiger partial charge is 0.467 e. The van der Waals surface area contributed by atoms with Crippen molar-refractivity contribution in [3.63, 3.8) is 0 Å². The van der Waals surface area contributed by atoms with Gasteiger partial charge in [-0.1, -0.05) is 39.8 Å². The average Bonchev–Trinajstić information content (AvgIpc) is 2.58. The van der Waals surface area contributed by atoms with E-state index in [1.807, 2.05) is 27.7 Å². The molecule has 2 unspecified atom stereocenters. The monoisotopic (exact) mass is 361 g/mol. The molecular formula is C19H27N3O4. The van der Waals surface area contributed by atoms with Gasteiger partial charge in [0.25, 0.3) is 0 Å². The molecule has 3 amide bonds. The van der Waals surface area contributed by atoms with Crippen molar-refractivity contribution < 1.29 is 19.1 Å². The number of urea groups is 1. The Labute approximate surface area is 154 Å². The van der Waals surface area contributed by atoms with E-state index in [2.05, 4.69) is 10.6 Å². The van der Waals surface area contributed by atoms with E-state index in [1.165, 1.54) is 12.0 Å². The molecule has 1 aliphatic heterocycles. The minimum absolute atomic E-state index is 0.101. The molecule has 7 nitrogen and oxygen atoms in total. The number of rotatable bonds is 5. The van der Waals surface area contributed by atoms with E-state index in [9.17, 15) is 14.4 Å². The SMILES string of the molecule is COC(=O)C(CC(C)C)NC(=O)N1c2ccccc2NC(=O)C1C(C)C. The molecule has 0 aromatic heterocycles. The number of nitrogens with zero attached hydrogens (tertiary/aromatic N) is 1. The van der Waals surface area contributed by atoms with Crippen LogP contribution in [0.15, 0.2) is 24.3 Å². The fraction of sp³-hybridized carbons (Fsp3) is 0.526. The number of carbonyl (C=O) groups is 3. The van der Waals surface area contributed by atoms with Crippen molar-refractivity contribution in [2.24, 2.45) is 11.8 Å². The molecule has 2 atom stereocenters. The first-order chi connectivity index (χ1) is 12.3. The van der Waals surface area contributed by atoms with Gasteiger partial charge in [0.15, 0.2) is 0 Å². The molecule has 1 aromatic carbocycles. The maximum Gasteiger partial charge on any atom is 0.328 e. The predicted octanol–water partition coefficient (Wildman–Crippen LogP) is 2.77. The first-order valence-corrected chi connectivity index (χ1v) is 8.83. The highest BCUT2D eigenvalue weighted by atomic mass is 16.5. The van der Waals surface area contributed by atoms with Gasteiger partial charge in [-0.05, 0) is 30.4 Å². The first-order valence-electron chi connectivity index (χ1n) is 8.83. The van der Waals surface area contributed by atoms with Crippen LogP contribution in [0.4, 0.5) is 16.2 Å². The molecule has 0 bridgehead atoms. The molecule has 0 saturated carbocycles. The number of amides is 3. The number of hydrogen-bond donors (Lipinski definition) is 2. The van der Waals surface area contributed by atoms with Crippen molar-refractivity contribution in [1.82, 2.24) is 5.32 Å². The molecular weight excluding hydrogens is 334 g/mol. The van der Waals surface area contributed by atoms with Gasteiger partial charge in [0.05, 0.1) is 18.5 Å². The summed E-state index contributed by atoms with van der Waals surface area (Å²) in [4.78, 5) is 39.1. The van der Waals surface area contributed by atoms with Gasteiger partial charge in [0.1, 0.15) is 12.1 Å². The van der Waals surface area contributed by atoms with Crippen LogP contribution in [0.5, 0.6) is 0 Å². The summed E-state index contributed by atoms with van der Waals surface area (Å²) < 4.78 is 4.81. The van der Waals surface area contributed by atoms with Gasteiger partial charge in [-0.25, -0.2) is 9.59 Å². The molecule has 7 heteroatoms. The lowest BCUT2D eigenvalue weighted by atomic mass is 9.97. The Hall–Kier alpha value is -2.57. The van der Waals surface area contributed by atoms with Crippen LogP contribution in [0, 0.1) is 11.8 Å². The average molecular weight is 361 g/mol. The molecule has 0 spiro atoms. The molecule has 2 N–H and O–H groups in total. The van der Waals surface area contributed by atoms with Gasteiger partial charge >= 0.3 is 12.0 Å². The molecule has 1 aliphatic rings. The molecule has 1 aromatic rings. The van der Waals surface area contributed by atoms with Gasteiger partial charge in [-0.15, -0.1) is 0 Å². The fourth-order valence-electron chi connectivity index (χ4n) is 3.15. The molecule has 0 radical (unpaired) electrons. The van der Waals surface area contributed by atoms with Crippen LogP contribution in [-0.2, 0) is 14.3 Å². The number of carbonyl (C=O) groups excluding carboxylic acids is 3. The number of hydrogen-bond acceptors (Lipinski definition) is 4. The third-order valence-corrected chi connectivity index (χ3v) is 4.31. The zero-order chi connectivity index (χ0) is 19.4. The molecule has 1 heterocycles. The number of para-hydroxylation sites is 2. The molecule has 142 valence electrons. The maximum atomic E-state index is 13.1. The van der Waals surface area contributed by atoms with E-state index in [0.717, 1.165) is 0 Å². The molecule has 2 rings (SSSR count). The third kappa shape index (κ3) is 4.15. The van der Waals surface area contributed by atoms with Gasteiger partial charge in [-0.2, -0.15) is 0 Å². The van der Waals surface area contributed by atoms with Gasteiger partial charge in [0.2, 0.25) is 5.91 Å². The maximum absolute atomic E-state index is 13.1. The summed E-state index contributed by atoms with van der Waals surface area (Å²) in [5, 5.41) is 5.59. The van der Waals surface area contributed by atoms with Crippen molar-refractivity contribution in [1.29, 1.82) is 0 Å². The summed E-state index contributed by atoms with van der Waals surface area (Å²) in [5.74, 6) is -0.650. The smallest absolute Gasteiger partial charge is 0.328 e. The Morgan fingerprint density at radius 2 is 1.88 bits per heavy atom. The highest BCUT2D eigenvalue weighted by Crippen LogP contribution is 2.34. The quantitative estimate of drug-likeness (QED) is 0.790. The van der Waals surface area contributed by atoms with Gasteiger partial charge in [-0.3, -0.25) is 9.69 Å². The third-order valence-electron chi connectivity index (χ3n) is 4.31. The van der Waals surface area contributed by atoms with Crippen LogP contribution in [0.25, 0.3) is 0 Å². The lowest BCUT2D eigenvalue weighted by molar-refractivity contribution is -0.143.